The number of hydrogen-bond donors (Lipinski definition) is 1. The SMILES string of the molecule is CC(=O)NC1=CC(=O)C=C(Br)C1=O. The second-order valence-electron chi connectivity index (χ2n) is 2.46. The summed E-state index contributed by atoms with van der Waals surface area (Å²) in [6.45, 7) is 1.27. The minimum Gasteiger partial charge on any atom is -0.323 e. The highest BCUT2D eigenvalue weighted by Gasteiger charge is 2.20. The molecule has 1 amide bonds. The molecule has 0 spiro atoms. The molecule has 5 heteroatoms. The average Bonchev–Trinajstić information content (AvgIpc) is 1.98. The molecular formula is C8H6BrNO3. The second kappa shape index (κ2) is 3.66. The van der Waals surface area contributed by atoms with Gasteiger partial charge in [-0.15, -0.1) is 0 Å². The third kappa shape index (κ3) is 2.35. The molecule has 0 aromatic carbocycles. The van der Waals surface area contributed by atoms with Crippen LogP contribution in [0.5, 0.6) is 0 Å². The summed E-state index contributed by atoms with van der Waals surface area (Å²) >= 11 is 2.92. The van der Waals surface area contributed by atoms with Crippen molar-refractivity contribution in [1.29, 1.82) is 0 Å². The summed E-state index contributed by atoms with van der Waals surface area (Å²) in [5.74, 6) is -1.10. The molecule has 0 unspecified atom stereocenters. The van der Waals surface area contributed by atoms with Crippen LogP contribution in [0, 0.1) is 0 Å². The second-order valence-corrected chi connectivity index (χ2v) is 3.32. The lowest BCUT2D eigenvalue weighted by Gasteiger charge is -2.08. The topological polar surface area (TPSA) is 63.2 Å². The molecular weight excluding hydrogens is 238 g/mol. The number of hydrogen-bond acceptors (Lipinski definition) is 3. The van der Waals surface area contributed by atoms with Crippen molar-refractivity contribution in [2.24, 2.45) is 0 Å². The minimum absolute atomic E-state index is 0.00637. The summed E-state index contributed by atoms with van der Waals surface area (Å²) in [6, 6.07) is 0. The van der Waals surface area contributed by atoms with Crippen LogP contribution >= 0.6 is 15.9 Å². The van der Waals surface area contributed by atoms with Crippen molar-refractivity contribution >= 4 is 33.4 Å². The Morgan fingerprint density at radius 3 is 2.54 bits per heavy atom. The highest BCUT2D eigenvalue weighted by atomic mass is 79.9. The van der Waals surface area contributed by atoms with Crippen LogP contribution in [-0.2, 0) is 14.4 Å². The predicted molar refractivity (Wildman–Crippen MR) is 48.9 cm³/mol. The van der Waals surface area contributed by atoms with Gasteiger partial charge < -0.3 is 5.32 Å². The maximum atomic E-state index is 11.3. The lowest BCUT2D eigenvalue weighted by atomic mass is 10.1. The Bertz CT molecular complexity index is 354. The molecule has 0 fully saturated rings. The smallest absolute Gasteiger partial charge is 0.221 e. The van der Waals surface area contributed by atoms with E-state index in [1.54, 1.807) is 0 Å². The number of rotatable bonds is 1. The number of carbonyl (C=O) groups excluding carboxylic acids is 3. The van der Waals surface area contributed by atoms with E-state index in [1.807, 2.05) is 0 Å². The van der Waals surface area contributed by atoms with Gasteiger partial charge in [-0.1, -0.05) is 0 Å². The molecule has 1 rings (SSSR count). The van der Waals surface area contributed by atoms with E-state index in [0.29, 0.717) is 0 Å². The van der Waals surface area contributed by atoms with Crippen LogP contribution in [0.4, 0.5) is 0 Å². The molecule has 1 aliphatic carbocycles. The molecule has 0 aromatic rings. The van der Waals surface area contributed by atoms with Gasteiger partial charge in [0.15, 0.2) is 5.78 Å². The molecule has 0 aliphatic heterocycles. The van der Waals surface area contributed by atoms with Crippen LogP contribution in [0.2, 0.25) is 0 Å². The summed E-state index contributed by atoms with van der Waals surface area (Å²) in [7, 11) is 0. The van der Waals surface area contributed by atoms with Gasteiger partial charge in [0.2, 0.25) is 11.7 Å². The molecule has 0 heterocycles. The summed E-state index contributed by atoms with van der Waals surface area (Å²) in [4.78, 5) is 32.8. The standard InChI is InChI=1S/C8H6BrNO3/c1-4(11)10-7-3-5(12)2-6(9)8(7)13/h2-3H,1H3,(H,10,11). The van der Waals surface area contributed by atoms with E-state index in [0.717, 1.165) is 12.2 Å². The van der Waals surface area contributed by atoms with Gasteiger partial charge >= 0.3 is 0 Å². The third-order valence-electron chi connectivity index (χ3n) is 1.33. The zero-order valence-electron chi connectivity index (χ0n) is 6.76. The van der Waals surface area contributed by atoms with Crippen LogP contribution in [-0.4, -0.2) is 17.5 Å². The maximum Gasteiger partial charge on any atom is 0.221 e. The third-order valence-corrected chi connectivity index (χ3v) is 1.92. The van der Waals surface area contributed by atoms with E-state index in [1.165, 1.54) is 6.92 Å². The Labute approximate surface area is 82.8 Å². The van der Waals surface area contributed by atoms with Gasteiger partial charge in [0.1, 0.15) is 0 Å². The van der Waals surface area contributed by atoms with Gasteiger partial charge in [-0.25, -0.2) is 0 Å². The van der Waals surface area contributed by atoms with Crippen molar-refractivity contribution in [3.05, 3.63) is 22.3 Å². The lowest BCUT2D eigenvalue weighted by molar-refractivity contribution is -0.120. The van der Waals surface area contributed by atoms with Crippen molar-refractivity contribution in [2.45, 2.75) is 6.92 Å². The van der Waals surface area contributed by atoms with Crippen LogP contribution in [0.25, 0.3) is 0 Å². The molecule has 1 N–H and O–H groups in total. The van der Waals surface area contributed by atoms with Crippen LogP contribution < -0.4 is 5.32 Å². The van der Waals surface area contributed by atoms with Gasteiger partial charge in [0, 0.05) is 19.1 Å². The average molecular weight is 244 g/mol. The maximum absolute atomic E-state index is 11.3. The molecule has 13 heavy (non-hydrogen) atoms. The molecule has 0 aromatic heterocycles. The number of Topliss-reactive ketones (excluding diaryl/α,β-unsaturated/α-hetero) is 1. The van der Waals surface area contributed by atoms with Gasteiger partial charge in [-0.05, 0) is 15.9 Å². The molecule has 0 saturated carbocycles. The summed E-state index contributed by atoms with van der Waals surface area (Å²) in [5.41, 5.74) is 0.00637. The molecule has 0 saturated heterocycles. The summed E-state index contributed by atoms with van der Waals surface area (Å²) in [5, 5.41) is 2.27. The Balaban J connectivity index is 2.92. The van der Waals surface area contributed by atoms with Gasteiger partial charge in [0.05, 0.1) is 10.2 Å². The van der Waals surface area contributed by atoms with Gasteiger partial charge in [-0.3, -0.25) is 14.4 Å². The normalized spacial score (nSPS) is 16.5. The number of carbonyl (C=O) groups is 3. The number of amides is 1. The van der Waals surface area contributed by atoms with E-state index in [2.05, 4.69) is 21.2 Å². The minimum atomic E-state index is -0.394. The fourth-order valence-corrected chi connectivity index (χ4v) is 1.29. The van der Waals surface area contributed by atoms with Gasteiger partial charge in [0.25, 0.3) is 0 Å². The van der Waals surface area contributed by atoms with E-state index in [4.69, 9.17) is 0 Å². The molecule has 68 valence electrons. The first kappa shape index (κ1) is 9.85. The monoisotopic (exact) mass is 243 g/mol. The lowest BCUT2D eigenvalue weighted by Crippen LogP contribution is -2.27. The molecule has 1 aliphatic rings. The largest absolute Gasteiger partial charge is 0.323 e. The van der Waals surface area contributed by atoms with Crippen LogP contribution in [0.1, 0.15) is 6.92 Å². The highest BCUT2D eigenvalue weighted by molar-refractivity contribution is 9.12. The first-order valence-electron chi connectivity index (χ1n) is 3.46. The van der Waals surface area contributed by atoms with E-state index >= 15 is 0 Å². The van der Waals surface area contributed by atoms with Gasteiger partial charge in [-0.2, -0.15) is 0 Å². The van der Waals surface area contributed by atoms with Crippen molar-refractivity contribution < 1.29 is 14.4 Å². The quantitative estimate of drug-likeness (QED) is 0.680. The fourth-order valence-electron chi connectivity index (χ4n) is 0.851. The fraction of sp³-hybridized carbons (Fsp3) is 0.125. The zero-order chi connectivity index (χ0) is 10.0. The zero-order valence-corrected chi connectivity index (χ0v) is 8.34. The Morgan fingerprint density at radius 1 is 1.38 bits per heavy atom. The van der Waals surface area contributed by atoms with Crippen molar-refractivity contribution in [1.82, 2.24) is 5.32 Å². The molecule has 0 atom stereocenters. The number of allylic oxidation sites excluding steroid dienone is 3. The summed E-state index contributed by atoms with van der Waals surface area (Å²) in [6.07, 6.45) is 2.25. The van der Waals surface area contributed by atoms with Crippen molar-refractivity contribution in [2.75, 3.05) is 0 Å². The molecule has 0 bridgehead atoms. The first-order chi connectivity index (χ1) is 6.00. The Morgan fingerprint density at radius 2 is 2.00 bits per heavy atom. The van der Waals surface area contributed by atoms with Crippen LogP contribution in [0.3, 0.4) is 0 Å². The van der Waals surface area contributed by atoms with Crippen molar-refractivity contribution in [3.63, 3.8) is 0 Å². The Hall–Kier alpha value is -1.23. The van der Waals surface area contributed by atoms with Crippen LogP contribution in [0.15, 0.2) is 22.3 Å². The first-order valence-corrected chi connectivity index (χ1v) is 4.25. The molecule has 4 nitrogen and oxygen atoms in total. The predicted octanol–water partition coefficient (Wildman–Crippen LogP) is 0.437. The van der Waals surface area contributed by atoms with E-state index < -0.39 is 5.78 Å². The number of halogens is 1. The molecule has 0 radical (unpaired) electrons. The number of ketones is 2. The van der Waals surface area contributed by atoms with E-state index in [9.17, 15) is 14.4 Å². The summed E-state index contributed by atoms with van der Waals surface area (Å²) < 4.78 is 0.156. The van der Waals surface area contributed by atoms with Crippen molar-refractivity contribution in [3.8, 4) is 0 Å². The van der Waals surface area contributed by atoms with E-state index in [-0.39, 0.29) is 21.9 Å². The Kier molecular flexibility index (Phi) is 2.77. The highest BCUT2D eigenvalue weighted by Crippen LogP contribution is 2.15. The number of nitrogens with one attached hydrogen (secondary N) is 1.